The first kappa shape index (κ1) is 17.3. The predicted molar refractivity (Wildman–Crippen MR) is 111 cm³/mol. The summed E-state index contributed by atoms with van der Waals surface area (Å²) in [6.45, 7) is 0.729. The maximum Gasteiger partial charge on any atom is 0.0512 e. The summed E-state index contributed by atoms with van der Waals surface area (Å²) in [6.07, 6.45) is 3.10. The third-order valence-electron chi connectivity index (χ3n) is 3.95. The molecule has 0 bridgehead atoms. The molecule has 0 aliphatic carbocycles. The molecule has 0 radical (unpaired) electrons. The molecule has 0 atom stereocenters. The van der Waals surface area contributed by atoms with Gasteiger partial charge in [0.2, 0.25) is 0 Å². The van der Waals surface area contributed by atoms with E-state index in [9.17, 15) is 0 Å². The maximum absolute atomic E-state index is 6.46. The topological polar surface area (TPSA) is 41.8 Å². The van der Waals surface area contributed by atoms with Gasteiger partial charge in [-0.1, -0.05) is 27.5 Å². The SMILES string of the molecule is NCCCCc1c(-c2cc(Br)ccc2Cl)[nH]c2ccc(I)cc12. The minimum atomic E-state index is 0.729. The van der Waals surface area contributed by atoms with Gasteiger partial charge in [-0.25, -0.2) is 0 Å². The fourth-order valence-corrected chi connectivity index (χ4v) is 3.91. The van der Waals surface area contributed by atoms with Crippen LogP contribution in [-0.4, -0.2) is 11.5 Å². The lowest BCUT2D eigenvalue weighted by molar-refractivity contribution is 0.748. The minimum absolute atomic E-state index is 0.729. The third-order valence-corrected chi connectivity index (χ3v) is 5.44. The fraction of sp³-hybridized carbons (Fsp3) is 0.222. The van der Waals surface area contributed by atoms with Crippen molar-refractivity contribution in [2.24, 2.45) is 5.73 Å². The molecule has 1 aromatic heterocycles. The molecule has 0 saturated heterocycles. The summed E-state index contributed by atoms with van der Waals surface area (Å²) in [6, 6.07) is 12.5. The molecule has 0 spiro atoms. The number of nitrogens with one attached hydrogen (secondary N) is 1. The number of nitrogens with two attached hydrogens (primary N) is 1. The van der Waals surface area contributed by atoms with Crippen molar-refractivity contribution in [3.05, 3.63) is 55.0 Å². The molecule has 0 fully saturated rings. The van der Waals surface area contributed by atoms with Crippen molar-refractivity contribution in [2.75, 3.05) is 6.54 Å². The van der Waals surface area contributed by atoms with E-state index < -0.39 is 0 Å². The number of benzene rings is 2. The summed E-state index contributed by atoms with van der Waals surface area (Å²) in [5.41, 5.74) is 10.3. The average molecular weight is 504 g/mol. The Balaban J connectivity index is 2.18. The third kappa shape index (κ3) is 3.76. The van der Waals surface area contributed by atoms with Gasteiger partial charge in [-0.3, -0.25) is 0 Å². The Morgan fingerprint density at radius 1 is 1.13 bits per heavy atom. The number of aromatic amines is 1. The Labute approximate surface area is 163 Å². The highest BCUT2D eigenvalue weighted by molar-refractivity contribution is 14.1. The molecular weight excluding hydrogens is 486 g/mol. The zero-order chi connectivity index (χ0) is 16.4. The Morgan fingerprint density at radius 3 is 2.74 bits per heavy atom. The predicted octanol–water partition coefficient (Wildman–Crippen LogP) is 6.14. The van der Waals surface area contributed by atoms with Gasteiger partial charge in [0.05, 0.1) is 5.69 Å². The molecule has 23 heavy (non-hydrogen) atoms. The summed E-state index contributed by atoms with van der Waals surface area (Å²) in [7, 11) is 0. The van der Waals surface area contributed by atoms with Crippen LogP contribution in [0.4, 0.5) is 0 Å². The van der Waals surface area contributed by atoms with Gasteiger partial charge in [0.25, 0.3) is 0 Å². The van der Waals surface area contributed by atoms with Gasteiger partial charge in [0.1, 0.15) is 0 Å². The van der Waals surface area contributed by atoms with Crippen LogP contribution in [0.5, 0.6) is 0 Å². The summed E-state index contributed by atoms with van der Waals surface area (Å²) in [5, 5.41) is 2.04. The van der Waals surface area contributed by atoms with Crippen LogP contribution in [0.15, 0.2) is 40.9 Å². The monoisotopic (exact) mass is 502 g/mol. The van der Waals surface area contributed by atoms with E-state index in [0.717, 1.165) is 52.1 Å². The molecule has 3 rings (SSSR count). The normalized spacial score (nSPS) is 11.3. The lowest BCUT2D eigenvalue weighted by atomic mass is 10.0. The molecule has 0 unspecified atom stereocenters. The van der Waals surface area contributed by atoms with Crippen LogP contribution in [0.3, 0.4) is 0 Å². The van der Waals surface area contributed by atoms with Crippen LogP contribution in [0, 0.1) is 3.57 Å². The number of rotatable bonds is 5. The number of fused-ring (bicyclic) bond motifs is 1. The van der Waals surface area contributed by atoms with Gasteiger partial charge in [0, 0.05) is 29.5 Å². The summed E-state index contributed by atoms with van der Waals surface area (Å²) >= 11 is 12.4. The zero-order valence-corrected chi connectivity index (χ0v) is 17.0. The van der Waals surface area contributed by atoms with Crippen molar-refractivity contribution >= 4 is 61.0 Å². The standard InChI is InChI=1S/C18H17BrClIN2/c19-11-4-6-16(20)15(9-11)18-13(3-1-2-8-22)14-10-12(21)5-7-17(14)23-18/h4-7,9-10,23H,1-3,8,22H2. The molecule has 3 aromatic rings. The summed E-state index contributed by atoms with van der Waals surface area (Å²) in [4.78, 5) is 3.56. The molecule has 0 amide bonds. The minimum Gasteiger partial charge on any atom is -0.354 e. The lowest BCUT2D eigenvalue weighted by Crippen LogP contribution is -1.99. The van der Waals surface area contributed by atoms with Crippen LogP contribution in [0.1, 0.15) is 18.4 Å². The van der Waals surface area contributed by atoms with Crippen LogP contribution in [0.25, 0.3) is 22.2 Å². The van der Waals surface area contributed by atoms with Crippen molar-refractivity contribution in [2.45, 2.75) is 19.3 Å². The number of H-pyrrole nitrogens is 1. The highest BCUT2D eigenvalue weighted by Gasteiger charge is 2.15. The zero-order valence-electron chi connectivity index (χ0n) is 12.5. The summed E-state index contributed by atoms with van der Waals surface area (Å²) in [5.74, 6) is 0. The van der Waals surface area contributed by atoms with E-state index in [4.69, 9.17) is 17.3 Å². The molecule has 5 heteroatoms. The molecule has 1 heterocycles. The highest BCUT2D eigenvalue weighted by atomic mass is 127. The van der Waals surface area contributed by atoms with Crippen LogP contribution < -0.4 is 5.73 Å². The van der Waals surface area contributed by atoms with Crippen LogP contribution in [-0.2, 0) is 6.42 Å². The van der Waals surface area contributed by atoms with Gasteiger partial charge in [-0.15, -0.1) is 0 Å². The highest BCUT2D eigenvalue weighted by Crippen LogP contribution is 2.37. The lowest BCUT2D eigenvalue weighted by Gasteiger charge is -2.08. The van der Waals surface area contributed by atoms with E-state index >= 15 is 0 Å². The number of hydrogen-bond acceptors (Lipinski definition) is 1. The van der Waals surface area contributed by atoms with E-state index in [0.29, 0.717) is 0 Å². The first-order valence-electron chi connectivity index (χ1n) is 7.55. The smallest absolute Gasteiger partial charge is 0.0512 e. The molecule has 2 nitrogen and oxygen atoms in total. The molecular formula is C18H17BrClIN2. The average Bonchev–Trinajstić information content (AvgIpc) is 2.88. The number of unbranched alkanes of at least 4 members (excludes halogenated alkanes) is 1. The Bertz CT molecular complexity index is 844. The van der Waals surface area contributed by atoms with Crippen molar-refractivity contribution in [3.63, 3.8) is 0 Å². The Morgan fingerprint density at radius 2 is 1.96 bits per heavy atom. The quantitative estimate of drug-likeness (QED) is 0.319. The van der Waals surface area contributed by atoms with Crippen molar-refractivity contribution in [1.29, 1.82) is 0 Å². The molecule has 3 N–H and O–H groups in total. The molecule has 2 aromatic carbocycles. The van der Waals surface area contributed by atoms with Gasteiger partial charge in [-0.05, 0) is 90.4 Å². The first-order valence-corrected chi connectivity index (χ1v) is 9.80. The van der Waals surface area contributed by atoms with E-state index in [2.05, 4.69) is 67.8 Å². The van der Waals surface area contributed by atoms with Gasteiger partial charge in [-0.2, -0.15) is 0 Å². The Kier molecular flexibility index (Phi) is 5.67. The number of aryl methyl sites for hydroxylation is 1. The van der Waals surface area contributed by atoms with E-state index in [-0.39, 0.29) is 0 Å². The largest absolute Gasteiger partial charge is 0.354 e. The van der Waals surface area contributed by atoms with Crippen molar-refractivity contribution in [3.8, 4) is 11.3 Å². The second kappa shape index (κ2) is 7.55. The number of halogens is 3. The fourth-order valence-electron chi connectivity index (χ4n) is 2.84. The Hall–Kier alpha value is -0.560. The van der Waals surface area contributed by atoms with Gasteiger partial charge >= 0.3 is 0 Å². The van der Waals surface area contributed by atoms with Crippen LogP contribution >= 0.6 is 50.1 Å². The second-order valence-electron chi connectivity index (χ2n) is 5.54. The van der Waals surface area contributed by atoms with E-state index in [1.54, 1.807) is 0 Å². The number of hydrogen-bond donors (Lipinski definition) is 2. The maximum atomic E-state index is 6.46. The van der Waals surface area contributed by atoms with Crippen LogP contribution in [0.2, 0.25) is 5.02 Å². The van der Waals surface area contributed by atoms with Crippen molar-refractivity contribution in [1.82, 2.24) is 4.98 Å². The van der Waals surface area contributed by atoms with Crippen molar-refractivity contribution < 1.29 is 0 Å². The van der Waals surface area contributed by atoms with E-state index in [1.165, 1.54) is 14.5 Å². The molecule has 120 valence electrons. The summed E-state index contributed by atoms with van der Waals surface area (Å²) < 4.78 is 2.26. The molecule has 0 aliphatic heterocycles. The number of aromatic nitrogens is 1. The molecule has 0 aliphatic rings. The first-order chi connectivity index (χ1) is 11.1. The second-order valence-corrected chi connectivity index (χ2v) is 8.11. The molecule has 0 saturated carbocycles. The van der Waals surface area contributed by atoms with Gasteiger partial charge in [0.15, 0.2) is 0 Å². The van der Waals surface area contributed by atoms with E-state index in [1.807, 2.05) is 12.1 Å². The van der Waals surface area contributed by atoms with Gasteiger partial charge < -0.3 is 10.7 Å².